The van der Waals surface area contributed by atoms with Crippen molar-refractivity contribution >= 4 is 5.97 Å². The Morgan fingerprint density at radius 2 is 1.94 bits per heavy atom. The van der Waals surface area contributed by atoms with Gasteiger partial charge in [-0.15, -0.1) is 0 Å². The molecule has 5 nitrogen and oxygen atoms in total. The summed E-state index contributed by atoms with van der Waals surface area (Å²) in [7, 11) is 0. The highest BCUT2D eigenvalue weighted by atomic mass is 16.4. The van der Waals surface area contributed by atoms with Crippen molar-refractivity contribution in [1.29, 1.82) is 0 Å². The summed E-state index contributed by atoms with van der Waals surface area (Å²) in [5.74, 6) is 1.77. The summed E-state index contributed by atoms with van der Waals surface area (Å²) in [5, 5.41) is 12.0. The van der Waals surface area contributed by atoms with Crippen molar-refractivity contribution in [2.24, 2.45) is 0 Å². The van der Waals surface area contributed by atoms with Gasteiger partial charge in [-0.3, -0.25) is 0 Å². The number of hydrogen-bond acceptors (Lipinski definition) is 4. The van der Waals surface area contributed by atoms with E-state index in [0.29, 0.717) is 24.6 Å². The normalized spacial score (nSPS) is 10.8. The van der Waals surface area contributed by atoms with Crippen LogP contribution in [0.3, 0.4) is 0 Å². The topological polar surface area (TPSA) is 75.6 Å². The maximum atomic E-state index is 10.8. The number of nitrogens with one attached hydrogen (secondary N) is 1. The van der Waals surface area contributed by atoms with Gasteiger partial charge < -0.3 is 19.3 Å². The van der Waals surface area contributed by atoms with Gasteiger partial charge >= 0.3 is 5.97 Å². The van der Waals surface area contributed by atoms with Crippen LogP contribution in [-0.2, 0) is 13.1 Å². The quantitative estimate of drug-likeness (QED) is 0.851. The van der Waals surface area contributed by atoms with Crippen molar-refractivity contribution in [1.82, 2.24) is 5.32 Å². The van der Waals surface area contributed by atoms with E-state index in [2.05, 4.69) is 5.32 Å². The summed E-state index contributed by atoms with van der Waals surface area (Å²) in [5.41, 5.74) is 0.209. The average molecular weight is 249 g/mol. The Hall–Kier alpha value is -2.01. The first kappa shape index (κ1) is 12.4. The van der Waals surface area contributed by atoms with Crippen LogP contribution in [-0.4, -0.2) is 11.1 Å². The lowest BCUT2D eigenvalue weighted by molar-refractivity contribution is 0.0695. The Morgan fingerprint density at radius 1 is 1.22 bits per heavy atom. The van der Waals surface area contributed by atoms with Gasteiger partial charge in [-0.1, -0.05) is 0 Å². The lowest BCUT2D eigenvalue weighted by Gasteiger charge is -1.99. The van der Waals surface area contributed by atoms with Crippen molar-refractivity contribution in [3.05, 3.63) is 46.8 Å². The fourth-order valence-corrected chi connectivity index (χ4v) is 1.73. The van der Waals surface area contributed by atoms with Crippen molar-refractivity contribution in [3.63, 3.8) is 0 Å². The number of carboxylic acids is 1. The molecular formula is C13H15NO4. The van der Waals surface area contributed by atoms with Gasteiger partial charge in [0.05, 0.1) is 13.1 Å². The molecule has 2 aromatic rings. The van der Waals surface area contributed by atoms with Gasteiger partial charge in [-0.05, 0) is 32.0 Å². The second kappa shape index (κ2) is 5.10. The van der Waals surface area contributed by atoms with Crippen molar-refractivity contribution in [2.75, 3.05) is 0 Å². The molecule has 0 saturated heterocycles. The van der Waals surface area contributed by atoms with Gasteiger partial charge in [0.15, 0.2) is 0 Å². The number of rotatable bonds is 5. The van der Waals surface area contributed by atoms with Crippen LogP contribution in [0.15, 0.2) is 27.0 Å². The Balaban J connectivity index is 1.90. The molecule has 2 rings (SSSR count). The molecule has 5 heteroatoms. The second-order valence-corrected chi connectivity index (χ2v) is 4.10. The molecule has 0 unspecified atom stereocenters. The van der Waals surface area contributed by atoms with Crippen LogP contribution in [0.4, 0.5) is 0 Å². The van der Waals surface area contributed by atoms with E-state index in [9.17, 15) is 4.79 Å². The highest BCUT2D eigenvalue weighted by Gasteiger charge is 2.13. The SMILES string of the molecule is Cc1ccc(CNCc2cc(C(=O)O)c(C)o2)o1. The van der Waals surface area contributed by atoms with E-state index in [1.165, 1.54) is 6.07 Å². The van der Waals surface area contributed by atoms with E-state index in [-0.39, 0.29) is 5.56 Å². The molecule has 2 N–H and O–H groups in total. The van der Waals surface area contributed by atoms with E-state index < -0.39 is 5.97 Å². The van der Waals surface area contributed by atoms with Crippen LogP contribution in [0.25, 0.3) is 0 Å². The third kappa shape index (κ3) is 2.81. The lowest BCUT2D eigenvalue weighted by Crippen LogP contribution is -2.11. The number of furan rings is 2. The average Bonchev–Trinajstić information content (AvgIpc) is 2.85. The largest absolute Gasteiger partial charge is 0.478 e. The molecule has 0 aliphatic carbocycles. The van der Waals surface area contributed by atoms with E-state index in [1.807, 2.05) is 19.1 Å². The van der Waals surface area contributed by atoms with Crippen molar-refractivity contribution in [2.45, 2.75) is 26.9 Å². The van der Waals surface area contributed by atoms with Crippen LogP contribution < -0.4 is 5.32 Å². The first-order valence-electron chi connectivity index (χ1n) is 5.65. The van der Waals surface area contributed by atoms with Gasteiger partial charge in [-0.2, -0.15) is 0 Å². The zero-order valence-corrected chi connectivity index (χ0v) is 10.3. The van der Waals surface area contributed by atoms with E-state index >= 15 is 0 Å². The molecule has 0 aromatic carbocycles. The fraction of sp³-hybridized carbons (Fsp3) is 0.308. The van der Waals surface area contributed by atoms with Crippen LogP contribution in [0, 0.1) is 13.8 Å². The summed E-state index contributed by atoms with van der Waals surface area (Å²) in [6.07, 6.45) is 0. The number of aryl methyl sites for hydroxylation is 2. The maximum absolute atomic E-state index is 10.8. The number of carbonyl (C=O) groups is 1. The lowest BCUT2D eigenvalue weighted by atomic mass is 10.2. The zero-order valence-electron chi connectivity index (χ0n) is 10.3. The molecule has 2 aromatic heterocycles. The van der Waals surface area contributed by atoms with Crippen LogP contribution in [0.2, 0.25) is 0 Å². The zero-order chi connectivity index (χ0) is 13.1. The second-order valence-electron chi connectivity index (χ2n) is 4.10. The third-order valence-electron chi connectivity index (χ3n) is 2.59. The van der Waals surface area contributed by atoms with E-state index in [1.54, 1.807) is 6.92 Å². The van der Waals surface area contributed by atoms with Gasteiger partial charge in [0.2, 0.25) is 0 Å². The Bertz CT molecular complexity index is 553. The van der Waals surface area contributed by atoms with Gasteiger partial charge in [0, 0.05) is 0 Å². The van der Waals surface area contributed by atoms with Gasteiger partial charge in [0.1, 0.15) is 28.6 Å². The molecule has 0 atom stereocenters. The first-order valence-corrected chi connectivity index (χ1v) is 5.65. The molecule has 0 saturated carbocycles. The monoisotopic (exact) mass is 249 g/mol. The Labute approximate surface area is 104 Å². The minimum absolute atomic E-state index is 0.209. The van der Waals surface area contributed by atoms with Crippen molar-refractivity contribution < 1.29 is 18.7 Å². The standard InChI is InChI=1S/C13H15NO4/c1-8-3-4-10(17-8)6-14-7-11-5-12(13(15)16)9(2)18-11/h3-5,14H,6-7H2,1-2H3,(H,15,16). The highest BCUT2D eigenvalue weighted by molar-refractivity contribution is 5.88. The fourth-order valence-electron chi connectivity index (χ4n) is 1.73. The number of aromatic carboxylic acids is 1. The van der Waals surface area contributed by atoms with Gasteiger partial charge in [0.25, 0.3) is 0 Å². The van der Waals surface area contributed by atoms with Crippen LogP contribution in [0.1, 0.15) is 33.4 Å². The first-order chi connectivity index (χ1) is 8.56. The summed E-state index contributed by atoms with van der Waals surface area (Å²) in [6, 6.07) is 5.34. The summed E-state index contributed by atoms with van der Waals surface area (Å²) >= 11 is 0. The molecule has 96 valence electrons. The molecule has 0 fully saturated rings. The molecule has 0 aliphatic heterocycles. The number of carboxylic acid groups (broad SMARTS) is 1. The molecule has 2 heterocycles. The Kier molecular flexibility index (Phi) is 3.53. The van der Waals surface area contributed by atoms with E-state index in [0.717, 1.165) is 11.5 Å². The molecule has 0 spiro atoms. The van der Waals surface area contributed by atoms with Gasteiger partial charge in [-0.25, -0.2) is 4.79 Å². The highest BCUT2D eigenvalue weighted by Crippen LogP contribution is 2.14. The maximum Gasteiger partial charge on any atom is 0.339 e. The minimum atomic E-state index is -0.968. The molecule has 0 aliphatic rings. The molecule has 0 bridgehead atoms. The number of hydrogen-bond donors (Lipinski definition) is 2. The molecule has 18 heavy (non-hydrogen) atoms. The third-order valence-corrected chi connectivity index (χ3v) is 2.59. The van der Waals surface area contributed by atoms with Crippen LogP contribution in [0.5, 0.6) is 0 Å². The summed E-state index contributed by atoms with van der Waals surface area (Å²) in [4.78, 5) is 10.8. The van der Waals surface area contributed by atoms with E-state index in [4.69, 9.17) is 13.9 Å². The summed E-state index contributed by atoms with van der Waals surface area (Å²) in [6.45, 7) is 4.57. The predicted octanol–water partition coefficient (Wildman–Crippen LogP) is 2.48. The predicted molar refractivity (Wildman–Crippen MR) is 64.4 cm³/mol. The summed E-state index contributed by atoms with van der Waals surface area (Å²) < 4.78 is 10.7. The molecule has 0 radical (unpaired) electrons. The smallest absolute Gasteiger partial charge is 0.339 e. The van der Waals surface area contributed by atoms with Crippen molar-refractivity contribution in [3.8, 4) is 0 Å². The van der Waals surface area contributed by atoms with Crippen LogP contribution >= 0.6 is 0 Å². The molecular weight excluding hydrogens is 234 g/mol. The molecule has 0 amide bonds. The minimum Gasteiger partial charge on any atom is -0.478 e. The Morgan fingerprint density at radius 3 is 2.50 bits per heavy atom.